The Morgan fingerprint density at radius 1 is 1.22 bits per heavy atom. The number of nitrogens with one attached hydrogen (secondary N) is 1. The lowest BCUT2D eigenvalue weighted by molar-refractivity contribution is 0.415. The van der Waals surface area contributed by atoms with Gasteiger partial charge in [0, 0.05) is 6.07 Å². The molecule has 5 heteroatoms. The van der Waals surface area contributed by atoms with Gasteiger partial charge in [-0.3, -0.25) is 0 Å². The summed E-state index contributed by atoms with van der Waals surface area (Å²) >= 11 is 1.95. The lowest BCUT2D eigenvalue weighted by Crippen LogP contribution is -1.99. The van der Waals surface area contributed by atoms with Crippen LogP contribution in [0.4, 0.5) is 21.5 Å². The number of nitrogen functional groups attached to an aromatic ring is 1. The molecule has 0 amide bonds. The van der Waals surface area contributed by atoms with Gasteiger partial charge in [-0.15, -0.1) is 0 Å². The second kappa shape index (κ2) is 5.43. The number of hydrogen-bond donors (Lipinski definition) is 2. The Kier molecular flexibility index (Phi) is 3.90. The lowest BCUT2D eigenvalue weighted by atomic mass is 10.2. The van der Waals surface area contributed by atoms with Crippen molar-refractivity contribution in [2.45, 2.75) is 0 Å². The topological polar surface area (TPSA) is 47.3 Å². The Morgan fingerprint density at radius 2 is 2.00 bits per heavy atom. The maximum atomic E-state index is 13.4. The summed E-state index contributed by atoms with van der Waals surface area (Å²) in [5.41, 5.74) is 7.85. The highest BCUT2D eigenvalue weighted by Crippen LogP contribution is 2.30. The molecule has 2 aromatic carbocycles. The zero-order valence-corrected chi connectivity index (χ0v) is 11.9. The number of hydrogen-bond acceptors (Lipinski definition) is 3. The molecule has 0 radical (unpaired) electrons. The number of rotatable bonds is 3. The summed E-state index contributed by atoms with van der Waals surface area (Å²) < 4.78 is 19.0. The molecule has 3 nitrogen and oxygen atoms in total. The van der Waals surface area contributed by atoms with Gasteiger partial charge in [0.05, 0.1) is 27.7 Å². The molecule has 0 saturated carbocycles. The summed E-state index contributed by atoms with van der Waals surface area (Å²) in [5, 5.41) is 3.10. The van der Waals surface area contributed by atoms with Crippen LogP contribution in [0.1, 0.15) is 0 Å². The van der Waals surface area contributed by atoms with Crippen molar-refractivity contribution >= 4 is 39.7 Å². The van der Waals surface area contributed by atoms with E-state index in [9.17, 15) is 4.39 Å². The van der Waals surface area contributed by atoms with Crippen LogP contribution in [0.5, 0.6) is 5.75 Å². The maximum absolute atomic E-state index is 13.4. The van der Waals surface area contributed by atoms with Gasteiger partial charge in [-0.1, -0.05) is 6.07 Å². The molecule has 2 aromatic rings. The smallest absolute Gasteiger partial charge is 0.138 e. The first-order valence-electron chi connectivity index (χ1n) is 5.26. The molecule has 0 atom stereocenters. The highest BCUT2D eigenvalue weighted by atomic mass is 127. The van der Waals surface area contributed by atoms with Crippen LogP contribution in [0.25, 0.3) is 0 Å². The average molecular weight is 358 g/mol. The van der Waals surface area contributed by atoms with Gasteiger partial charge in [-0.2, -0.15) is 0 Å². The molecule has 94 valence electrons. The molecule has 18 heavy (non-hydrogen) atoms. The molecule has 0 unspecified atom stereocenters. The summed E-state index contributed by atoms with van der Waals surface area (Å²) in [6.07, 6.45) is 0. The summed E-state index contributed by atoms with van der Waals surface area (Å²) in [5.74, 6) is 0.430. The molecule has 0 aliphatic rings. The van der Waals surface area contributed by atoms with Crippen LogP contribution in [-0.4, -0.2) is 7.11 Å². The van der Waals surface area contributed by atoms with Crippen LogP contribution in [0.2, 0.25) is 0 Å². The van der Waals surface area contributed by atoms with E-state index in [2.05, 4.69) is 5.32 Å². The molecule has 2 rings (SSSR count). The fourth-order valence-corrected chi connectivity index (χ4v) is 2.02. The number of anilines is 3. The molecule has 0 aromatic heterocycles. The van der Waals surface area contributed by atoms with Gasteiger partial charge in [-0.25, -0.2) is 4.39 Å². The fourth-order valence-electron chi connectivity index (χ4n) is 1.53. The second-order valence-electron chi connectivity index (χ2n) is 3.68. The number of nitrogens with two attached hydrogens (primary N) is 1. The molecule has 0 aliphatic heterocycles. The summed E-state index contributed by atoms with van der Waals surface area (Å²) in [4.78, 5) is 0. The highest BCUT2D eigenvalue weighted by molar-refractivity contribution is 14.1. The molecule has 0 saturated heterocycles. The van der Waals surface area contributed by atoms with E-state index in [1.807, 2.05) is 22.6 Å². The van der Waals surface area contributed by atoms with E-state index in [4.69, 9.17) is 10.5 Å². The van der Waals surface area contributed by atoms with E-state index in [1.54, 1.807) is 37.4 Å². The van der Waals surface area contributed by atoms with Crippen molar-refractivity contribution in [1.82, 2.24) is 0 Å². The van der Waals surface area contributed by atoms with E-state index in [1.165, 1.54) is 6.07 Å². The Balaban J connectivity index is 2.31. The number of halogens is 2. The number of benzene rings is 2. The largest absolute Gasteiger partial charge is 0.497 e. The molecule has 0 spiro atoms. The van der Waals surface area contributed by atoms with Gasteiger partial charge >= 0.3 is 0 Å². The van der Waals surface area contributed by atoms with E-state index in [-0.39, 0.29) is 5.82 Å². The van der Waals surface area contributed by atoms with Crippen LogP contribution >= 0.6 is 22.6 Å². The van der Waals surface area contributed by atoms with Crippen molar-refractivity contribution in [2.24, 2.45) is 0 Å². The van der Waals surface area contributed by atoms with Crippen molar-refractivity contribution in [2.75, 3.05) is 18.2 Å². The van der Waals surface area contributed by atoms with E-state index >= 15 is 0 Å². The number of ether oxygens (including phenoxy) is 1. The highest BCUT2D eigenvalue weighted by Gasteiger charge is 2.07. The lowest BCUT2D eigenvalue weighted by Gasteiger charge is -2.12. The monoisotopic (exact) mass is 358 g/mol. The van der Waals surface area contributed by atoms with Crippen molar-refractivity contribution in [3.8, 4) is 5.75 Å². The Hall–Kier alpha value is -1.50. The predicted molar refractivity (Wildman–Crippen MR) is 79.8 cm³/mol. The van der Waals surface area contributed by atoms with Gasteiger partial charge in [-0.05, 0) is 46.9 Å². The SMILES string of the molecule is COc1ccc(Nc2cccc(F)c2I)c(N)c1. The molecule has 0 bridgehead atoms. The van der Waals surface area contributed by atoms with Gasteiger partial charge in [0.2, 0.25) is 0 Å². The summed E-state index contributed by atoms with van der Waals surface area (Å²) in [6, 6.07) is 10.2. The van der Waals surface area contributed by atoms with Gasteiger partial charge < -0.3 is 15.8 Å². The predicted octanol–water partition coefficient (Wildman–Crippen LogP) is 3.76. The van der Waals surface area contributed by atoms with Crippen LogP contribution in [0.15, 0.2) is 36.4 Å². The van der Waals surface area contributed by atoms with Crippen LogP contribution in [-0.2, 0) is 0 Å². The first-order chi connectivity index (χ1) is 8.61. The first kappa shape index (κ1) is 12.9. The average Bonchev–Trinajstić information content (AvgIpc) is 2.37. The zero-order valence-electron chi connectivity index (χ0n) is 9.71. The third-order valence-electron chi connectivity index (χ3n) is 2.48. The van der Waals surface area contributed by atoms with Crippen molar-refractivity contribution in [1.29, 1.82) is 0 Å². The first-order valence-corrected chi connectivity index (χ1v) is 6.34. The minimum Gasteiger partial charge on any atom is -0.497 e. The van der Waals surface area contributed by atoms with Gasteiger partial charge in [0.15, 0.2) is 0 Å². The van der Waals surface area contributed by atoms with Gasteiger partial charge in [0.25, 0.3) is 0 Å². The number of methoxy groups -OCH3 is 1. The minimum atomic E-state index is -0.257. The van der Waals surface area contributed by atoms with Crippen molar-refractivity contribution in [3.63, 3.8) is 0 Å². The van der Waals surface area contributed by atoms with Gasteiger partial charge in [0.1, 0.15) is 11.6 Å². The van der Waals surface area contributed by atoms with E-state index < -0.39 is 0 Å². The Morgan fingerprint density at radius 3 is 2.67 bits per heavy atom. The zero-order chi connectivity index (χ0) is 13.1. The standard InChI is InChI=1S/C13H12FIN2O/c1-18-8-5-6-11(10(16)7-8)17-12-4-2-3-9(14)13(12)15/h2-7,17H,16H2,1H3. The van der Waals surface area contributed by atoms with E-state index in [0.717, 1.165) is 5.69 Å². The molecule has 0 fully saturated rings. The Bertz CT molecular complexity index is 575. The molecule has 3 N–H and O–H groups in total. The molecular weight excluding hydrogens is 346 g/mol. The quantitative estimate of drug-likeness (QED) is 0.649. The third-order valence-corrected chi connectivity index (χ3v) is 3.58. The van der Waals surface area contributed by atoms with Crippen molar-refractivity contribution in [3.05, 3.63) is 45.8 Å². The van der Waals surface area contributed by atoms with Crippen molar-refractivity contribution < 1.29 is 9.13 Å². The van der Waals surface area contributed by atoms with Crippen LogP contribution in [0, 0.1) is 9.39 Å². The second-order valence-corrected chi connectivity index (χ2v) is 4.76. The maximum Gasteiger partial charge on any atom is 0.138 e. The fraction of sp³-hybridized carbons (Fsp3) is 0.0769. The third kappa shape index (κ3) is 2.66. The minimum absolute atomic E-state index is 0.257. The van der Waals surface area contributed by atoms with Crippen LogP contribution in [0.3, 0.4) is 0 Å². The van der Waals surface area contributed by atoms with Crippen LogP contribution < -0.4 is 15.8 Å². The Labute approximate surface area is 118 Å². The molecule has 0 aliphatic carbocycles. The summed E-state index contributed by atoms with van der Waals surface area (Å²) in [6.45, 7) is 0. The summed E-state index contributed by atoms with van der Waals surface area (Å²) in [7, 11) is 1.58. The molecular formula is C13H12FIN2O. The van der Waals surface area contributed by atoms with E-state index in [0.29, 0.717) is 20.7 Å². The molecule has 0 heterocycles. The normalized spacial score (nSPS) is 10.2.